The van der Waals surface area contributed by atoms with Crippen molar-refractivity contribution in [3.8, 4) is 11.1 Å². The third-order valence-corrected chi connectivity index (χ3v) is 5.05. The molecule has 9 nitrogen and oxygen atoms in total. The molecule has 0 unspecified atom stereocenters. The molecule has 0 heterocycles. The zero-order valence-corrected chi connectivity index (χ0v) is 16.7. The van der Waals surface area contributed by atoms with E-state index in [1.807, 2.05) is 48.5 Å². The second kappa shape index (κ2) is 9.75. The topological polar surface area (TPSA) is 148 Å². The zero-order chi connectivity index (χ0) is 22.4. The van der Waals surface area contributed by atoms with E-state index in [0.717, 1.165) is 22.3 Å². The van der Waals surface area contributed by atoms with E-state index < -0.39 is 36.5 Å². The van der Waals surface area contributed by atoms with E-state index >= 15 is 0 Å². The Morgan fingerprint density at radius 3 is 2.13 bits per heavy atom. The van der Waals surface area contributed by atoms with E-state index in [2.05, 4.69) is 10.6 Å². The van der Waals surface area contributed by atoms with Crippen LogP contribution < -0.4 is 16.4 Å². The molecule has 31 heavy (non-hydrogen) atoms. The van der Waals surface area contributed by atoms with Crippen LogP contribution in [0.1, 0.15) is 29.9 Å². The van der Waals surface area contributed by atoms with Gasteiger partial charge >= 0.3 is 12.1 Å². The first-order chi connectivity index (χ1) is 14.9. The maximum absolute atomic E-state index is 12.4. The van der Waals surface area contributed by atoms with Crippen molar-refractivity contribution in [1.29, 1.82) is 0 Å². The van der Waals surface area contributed by atoms with E-state index in [1.54, 1.807) is 0 Å². The molecule has 3 rings (SSSR count). The highest BCUT2D eigenvalue weighted by atomic mass is 16.5. The number of benzene rings is 2. The molecule has 1 atom stereocenters. The molecule has 2 aromatic rings. The number of carbonyl (C=O) groups is 4. The van der Waals surface area contributed by atoms with Crippen molar-refractivity contribution in [2.24, 2.45) is 5.73 Å². The fourth-order valence-corrected chi connectivity index (χ4v) is 3.62. The minimum absolute atomic E-state index is 0.0547. The summed E-state index contributed by atoms with van der Waals surface area (Å²) in [4.78, 5) is 46.3. The Labute approximate surface area is 178 Å². The lowest BCUT2D eigenvalue weighted by Gasteiger charge is -2.19. The summed E-state index contributed by atoms with van der Waals surface area (Å²) in [7, 11) is 0. The van der Waals surface area contributed by atoms with Crippen LogP contribution in [-0.4, -0.2) is 48.2 Å². The van der Waals surface area contributed by atoms with Crippen molar-refractivity contribution >= 4 is 23.9 Å². The number of alkyl carbamates (subject to hydrolysis) is 1. The first-order valence-electron chi connectivity index (χ1n) is 9.76. The van der Waals surface area contributed by atoms with Gasteiger partial charge in [0.05, 0.1) is 0 Å². The van der Waals surface area contributed by atoms with Crippen LogP contribution in [0.15, 0.2) is 48.5 Å². The van der Waals surface area contributed by atoms with Crippen LogP contribution in [0.25, 0.3) is 11.1 Å². The number of primary amides is 1. The number of nitrogens with one attached hydrogen (secondary N) is 2. The minimum Gasteiger partial charge on any atom is -0.480 e. The van der Waals surface area contributed by atoms with Gasteiger partial charge < -0.3 is 26.2 Å². The zero-order valence-electron chi connectivity index (χ0n) is 16.7. The molecule has 0 aromatic heterocycles. The number of carboxylic acid groups (broad SMARTS) is 1. The Bertz CT molecular complexity index is 961. The average Bonchev–Trinajstić information content (AvgIpc) is 3.07. The van der Waals surface area contributed by atoms with Crippen LogP contribution in [0.4, 0.5) is 4.79 Å². The van der Waals surface area contributed by atoms with Gasteiger partial charge in [0.1, 0.15) is 19.2 Å². The van der Waals surface area contributed by atoms with Gasteiger partial charge in [-0.1, -0.05) is 48.5 Å². The third kappa shape index (κ3) is 5.39. The molecule has 5 N–H and O–H groups in total. The maximum Gasteiger partial charge on any atom is 0.407 e. The van der Waals surface area contributed by atoms with Crippen molar-refractivity contribution < 1.29 is 29.0 Å². The largest absolute Gasteiger partial charge is 0.480 e. The summed E-state index contributed by atoms with van der Waals surface area (Å²) < 4.78 is 5.39. The van der Waals surface area contributed by atoms with Crippen LogP contribution in [0, 0.1) is 0 Å². The number of nitrogens with two attached hydrogens (primary N) is 1. The molecule has 0 spiro atoms. The fourth-order valence-electron chi connectivity index (χ4n) is 3.62. The lowest BCUT2D eigenvalue weighted by molar-refractivity contribution is -0.138. The molecule has 1 aliphatic rings. The van der Waals surface area contributed by atoms with Gasteiger partial charge in [0.2, 0.25) is 11.8 Å². The van der Waals surface area contributed by atoms with Crippen molar-refractivity contribution in [1.82, 2.24) is 10.6 Å². The predicted molar refractivity (Wildman–Crippen MR) is 111 cm³/mol. The van der Waals surface area contributed by atoms with Gasteiger partial charge in [-0.15, -0.1) is 0 Å². The first kappa shape index (κ1) is 21.8. The highest BCUT2D eigenvalue weighted by molar-refractivity contribution is 5.88. The lowest BCUT2D eigenvalue weighted by Crippen LogP contribution is -2.48. The van der Waals surface area contributed by atoms with Crippen molar-refractivity contribution in [2.45, 2.75) is 24.8 Å². The number of aliphatic carboxylic acids is 1. The van der Waals surface area contributed by atoms with Crippen molar-refractivity contribution in [3.63, 3.8) is 0 Å². The van der Waals surface area contributed by atoms with Crippen molar-refractivity contribution in [3.05, 3.63) is 59.7 Å². The monoisotopic (exact) mass is 425 g/mol. The summed E-state index contributed by atoms with van der Waals surface area (Å²) >= 11 is 0. The summed E-state index contributed by atoms with van der Waals surface area (Å²) in [5, 5.41) is 13.3. The summed E-state index contributed by atoms with van der Waals surface area (Å²) in [5.41, 5.74) is 9.37. The number of hydrogen-bond donors (Lipinski definition) is 4. The van der Waals surface area contributed by atoms with E-state index in [1.165, 1.54) is 0 Å². The number of hydrogen-bond acceptors (Lipinski definition) is 5. The van der Waals surface area contributed by atoms with Crippen LogP contribution in [0.2, 0.25) is 0 Å². The quantitative estimate of drug-likeness (QED) is 0.477. The SMILES string of the molecule is NC(=O)CC[C@H](NC(=O)OCC1c2ccccc2-c2ccccc21)C(=O)NCC(=O)O. The molecule has 0 saturated carbocycles. The van der Waals surface area contributed by atoms with Crippen LogP contribution in [0.5, 0.6) is 0 Å². The molecule has 162 valence electrons. The van der Waals surface area contributed by atoms with Gasteiger partial charge in [-0.2, -0.15) is 0 Å². The molecule has 1 aliphatic carbocycles. The molecular formula is C22H23N3O6. The van der Waals surface area contributed by atoms with Gasteiger partial charge in [0.25, 0.3) is 0 Å². The number of ether oxygens (including phenoxy) is 1. The average molecular weight is 425 g/mol. The maximum atomic E-state index is 12.4. The van der Waals surface area contributed by atoms with E-state index in [-0.39, 0.29) is 25.4 Å². The smallest absolute Gasteiger partial charge is 0.407 e. The van der Waals surface area contributed by atoms with Gasteiger partial charge in [-0.25, -0.2) is 4.79 Å². The molecule has 0 fully saturated rings. The molecule has 0 aliphatic heterocycles. The summed E-state index contributed by atoms with van der Waals surface area (Å²) in [5.74, 6) is -2.77. The fraction of sp³-hybridized carbons (Fsp3) is 0.273. The molecule has 3 amide bonds. The predicted octanol–water partition coefficient (Wildman–Crippen LogP) is 1.36. The van der Waals surface area contributed by atoms with Crippen LogP contribution in [-0.2, 0) is 19.1 Å². The molecule has 0 bridgehead atoms. The van der Waals surface area contributed by atoms with Gasteiger partial charge in [-0.3, -0.25) is 14.4 Å². The normalized spacial score (nSPS) is 12.9. The standard InChI is InChI=1S/C22H23N3O6/c23-19(26)10-9-18(21(29)24-11-20(27)28)25-22(30)31-12-17-15-7-3-1-5-13(15)14-6-2-4-8-16(14)17/h1-8,17-18H,9-12H2,(H2,23,26)(H,24,29)(H,25,30)(H,27,28)/t18-/m0/s1. The van der Waals surface area contributed by atoms with Gasteiger partial charge in [-0.05, 0) is 28.7 Å². The van der Waals surface area contributed by atoms with E-state index in [4.69, 9.17) is 15.6 Å². The Hall–Kier alpha value is -3.88. The summed E-state index contributed by atoms with van der Waals surface area (Å²) in [6.45, 7) is -0.558. The number of amides is 3. The lowest BCUT2D eigenvalue weighted by atomic mass is 9.98. The summed E-state index contributed by atoms with van der Waals surface area (Å²) in [6, 6.07) is 14.6. The highest BCUT2D eigenvalue weighted by Crippen LogP contribution is 2.44. The second-order valence-electron chi connectivity index (χ2n) is 7.14. The summed E-state index contributed by atoms with van der Waals surface area (Å²) in [6.07, 6.45) is -1.08. The third-order valence-electron chi connectivity index (χ3n) is 5.05. The molecule has 0 radical (unpaired) electrons. The second-order valence-corrected chi connectivity index (χ2v) is 7.14. The Kier molecular flexibility index (Phi) is 6.86. The van der Waals surface area contributed by atoms with E-state index in [9.17, 15) is 19.2 Å². The highest BCUT2D eigenvalue weighted by Gasteiger charge is 2.30. The van der Waals surface area contributed by atoms with Gasteiger partial charge in [0.15, 0.2) is 0 Å². The number of rotatable bonds is 9. The minimum atomic E-state index is -1.23. The van der Waals surface area contributed by atoms with Crippen LogP contribution in [0.3, 0.4) is 0 Å². The van der Waals surface area contributed by atoms with E-state index in [0.29, 0.717) is 0 Å². The van der Waals surface area contributed by atoms with Crippen LogP contribution >= 0.6 is 0 Å². The molecule has 9 heteroatoms. The Balaban J connectivity index is 1.65. The van der Waals surface area contributed by atoms with Gasteiger partial charge in [0, 0.05) is 12.3 Å². The Morgan fingerprint density at radius 1 is 1.00 bits per heavy atom. The molecule has 2 aromatic carbocycles. The number of fused-ring (bicyclic) bond motifs is 3. The molecule has 0 saturated heterocycles. The number of carbonyl (C=O) groups excluding carboxylic acids is 3. The number of carboxylic acids is 1. The first-order valence-corrected chi connectivity index (χ1v) is 9.76. The van der Waals surface area contributed by atoms with Crippen molar-refractivity contribution in [2.75, 3.05) is 13.2 Å². The Morgan fingerprint density at radius 2 is 1.58 bits per heavy atom. The molecular weight excluding hydrogens is 402 g/mol.